The van der Waals surface area contributed by atoms with Gasteiger partial charge in [-0.25, -0.2) is 0 Å². The van der Waals surface area contributed by atoms with E-state index in [1.54, 1.807) is 0 Å². The molecular formula is C14H19NO. The fraction of sp³-hybridized carbons (Fsp3) is 0.500. The van der Waals surface area contributed by atoms with Crippen LogP contribution in [0.1, 0.15) is 37.2 Å². The van der Waals surface area contributed by atoms with Gasteiger partial charge in [-0.1, -0.05) is 30.3 Å². The van der Waals surface area contributed by atoms with Crippen LogP contribution in [0.2, 0.25) is 0 Å². The summed E-state index contributed by atoms with van der Waals surface area (Å²) >= 11 is 0. The molecule has 86 valence electrons. The van der Waals surface area contributed by atoms with Crippen LogP contribution in [0.5, 0.6) is 0 Å². The van der Waals surface area contributed by atoms with Crippen molar-refractivity contribution in [1.82, 2.24) is 0 Å². The molecule has 1 saturated carbocycles. The molecule has 0 aromatic heterocycles. The first-order valence-electron chi connectivity index (χ1n) is 6.07. The molecule has 1 aromatic rings. The van der Waals surface area contributed by atoms with Crippen LogP contribution in [0.4, 0.5) is 0 Å². The lowest BCUT2D eigenvalue weighted by molar-refractivity contribution is -0.110. The molecule has 2 nitrogen and oxygen atoms in total. The average Bonchev–Trinajstić information content (AvgIpc) is 2.39. The molecule has 1 aromatic carbocycles. The van der Waals surface area contributed by atoms with Gasteiger partial charge in [0.1, 0.15) is 6.29 Å². The molecule has 0 saturated heterocycles. The minimum Gasteiger partial charge on any atom is -0.322 e. The topological polar surface area (TPSA) is 43.1 Å². The van der Waals surface area contributed by atoms with Crippen LogP contribution in [0.25, 0.3) is 0 Å². The average molecular weight is 217 g/mol. The van der Waals surface area contributed by atoms with E-state index in [1.807, 2.05) is 0 Å². The third-order valence-electron chi connectivity index (χ3n) is 3.74. The molecule has 1 aliphatic rings. The highest BCUT2D eigenvalue weighted by Gasteiger charge is 2.25. The molecule has 16 heavy (non-hydrogen) atoms. The first kappa shape index (κ1) is 11.3. The Morgan fingerprint density at radius 2 is 1.75 bits per heavy atom. The van der Waals surface area contributed by atoms with Gasteiger partial charge in [0.25, 0.3) is 0 Å². The summed E-state index contributed by atoms with van der Waals surface area (Å²) in [7, 11) is 0. The van der Waals surface area contributed by atoms with Gasteiger partial charge in [0, 0.05) is 0 Å². The Bertz CT molecular complexity index is 328. The lowest BCUT2D eigenvalue weighted by Crippen LogP contribution is -2.33. The van der Waals surface area contributed by atoms with E-state index in [2.05, 4.69) is 30.3 Å². The van der Waals surface area contributed by atoms with Crippen molar-refractivity contribution in [1.29, 1.82) is 0 Å². The number of nitrogens with two attached hydrogens (primary N) is 1. The number of rotatable bonds is 3. The molecule has 2 N–H and O–H groups in total. The second-order valence-electron chi connectivity index (χ2n) is 4.74. The van der Waals surface area contributed by atoms with Gasteiger partial charge in [-0.3, -0.25) is 0 Å². The van der Waals surface area contributed by atoms with Crippen molar-refractivity contribution in [2.75, 3.05) is 0 Å². The molecule has 1 fully saturated rings. The Labute approximate surface area is 96.8 Å². The van der Waals surface area contributed by atoms with Crippen molar-refractivity contribution in [3.8, 4) is 0 Å². The standard InChI is InChI=1S/C14H19NO/c15-14(10-16)13-8-6-12(7-9-13)11-4-2-1-3-5-11/h1-5,10,12-14H,6-9,15H2. The molecule has 0 amide bonds. The molecule has 1 aliphatic carbocycles. The zero-order valence-electron chi connectivity index (χ0n) is 9.51. The van der Waals surface area contributed by atoms with Crippen LogP contribution in [-0.2, 0) is 4.79 Å². The quantitative estimate of drug-likeness (QED) is 0.790. The molecule has 0 bridgehead atoms. The lowest BCUT2D eigenvalue weighted by Gasteiger charge is -2.30. The van der Waals surface area contributed by atoms with E-state index in [-0.39, 0.29) is 6.04 Å². The van der Waals surface area contributed by atoms with Crippen LogP contribution in [0, 0.1) is 5.92 Å². The number of carbonyl (C=O) groups excluding carboxylic acids is 1. The Balaban J connectivity index is 1.93. The zero-order valence-corrected chi connectivity index (χ0v) is 9.51. The first-order chi connectivity index (χ1) is 7.81. The maximum absolute atomic E-state index is 10.6. The predicted octanol–water partition coefficient (Wildman–Crippen LogP) is 2.49. The van der Waals surface area contributed by atoms with E-state index < -0.39 is 0 Å². The lowest BCUT2D eigenvalue weighted by atomic mass is 9.76. The summed E-state index contributed by atoms with van der Waals surface area (Å²) in [6, 6.07) is 10.4. The Hall–Kier alpha value is -1.15. The highest BCUT2D eigenvalue weighted by atomic mass is 16.1. The van der Waals surface area contributed by atoms with Crippen molar-refractivity contribution >= 4 is 6.29 Å². The van der Waals surface area contributed by atoms with Gasteiger partial charge in [-0.15, -0.1) is 0 Å². The van der Waals surface area contributed by atoms with Crippen LogP contribution < -0.4 is 5.73 Å². The summed E-state index contributed by atoms with van der Waals surface area (Å²) in [5.41, 5.74) is 7.19. The summed E-state index contributed by atoms with van der Waals surface area (Å²) < 4.78 is 0. The van der Waals surface area contributed by atoms with Crippen LogP contribution in [0.3, 0.4) is 0 Å². The van der Waals surface area contributed by atoms with Gasteiger partial charge in [0.2, 0.25) is 0 Å². The van der Waals surface area contributed by atoms with Crippen molar-refractivity contribution in [2.45, 2.75) is 37.6 Å². The highest BCUT2D eigenvalue weighted by molar-refractivity contribution is 5.57. The van der Waals surface area contributed by atoms with Gasteiger partial charge >= 0.3 is 0 Å². The molecule has 0 radical (unpaired) electrons. The summed E-state index contributed by atoms with van der Waals surface area (Å²) in [5.74, 6) is 1.06. The second kappa shape index (κ2) is 5.26. The van der Waals surface area contributed by atoms with E-state index in [4.69, 9.17) is 5.73 Å². The van der Waals surface area contributed by atoms with Crippen LogP contribution in [0.15, 0.2) is 30.3 Å². The Kier molecular flexibility index (Phi) is 3.73. The van der Waals surface area contributed by atoms with E-state index in [1.165, 1.54) is 5.56 Å². The van der Waals surface area contributed by atoms with Gasteiger partial charge in [0.05, 0.1) is 6.04 Å². The third kappa shape index (κ3) is 2.50. The van der Waals surface area contributed by atoms with E-state index >= 15 is 0 Å². The fourth-order valence-corrected chi connectivity index (χ4v) is 2.67. The number of carbonyl (C=O) groups is 1. The van der Waals surface area contributed by atoms with E-state index in [9.17, 15) is 4.79 Å². The molecule has 2 heteroatoms. The monoisotopic (exact) mass is 217 g/mol. The minimum atomic E-state index is -0.253. The summed E-state index contributed by atoms with van der Waals surface area (Å²) in [4.78, 5) is 10.6. The minimum absolute atomic E-state index is 0.253. The van der Waals surface area contributed by atoms with Gasteiger partial charge in [-0.2, -0.15) is 0 Å². The molecule has 0 spiro atoms. The SMILES string of the molecule is NC(C=O)C1CCC(c2ccccc2)CC1. The maximum atomic E-state index is 10.6. The molecule has 0 heterocycles. The van der Waals surface area contributed by atoms with Gasteiger partial charge in [-0.05, 0) is 43.1 Å². The number of hydrogen-bond donors (Lipinski definition) is 1. The molecular weight excluding hydrogens is 198 g/mol. The van der Waals surface area contributed by atoms with Crippen LogP contribution in [-0.4, -0.2) is 12.3 Å². The first-order valence-corrected chi connectivity index (χ1v) is 6.07. The summed E-state index contributed by atoms with van der Waals surface area (Å²) in [6.45, 7) is 0. The number of benzene rings is 1. The zero-order chi connectivity index (χ0) is 11.4. The van der Waals surface area contributed by atoms with Gasteiger partial charge in [0.15, 0.2) is 0 Å². The molecule has 0 aliphatic heterocycles. The van der Waals surface area contributed by atoms with Crippen LogP contribution >= 0.6 is 0 Å². The normalized spacial score (nSPS) is 27.3. The van der Waals surface area contributed by atoms with Crippen molar-refractivity contribution in [3.63, 3.8) is 0 Å². The number of aldehydes is 1. The van der Waals surface area contributed by atoms with E-state index in [0.717, 1.165) is 32.0 Å². The van der Waals surface area contributed by atoms with Gasteiger partial charge < -0.3 is 10.5 Å². The van der Waals surface area contributed by atoms with Crippen molar-refractivity contribution in [3.05, 3.63) is 35.9 Å². The van der Waals surface area contributed by atoms with Crippen molar-refractivity contribution in [2.24, 2.45) is 11.7 Å². The maximum Gasteiger partial charge on any atom is 0.136 e. The van der Waals surface area contributed by atoms with Crippen molar-refractivity contribution < 1.29 is 4.79 Å². The Morgan fingerprint density at radius 3 is 2.31 bits per heavy atom. The molecule has 1 unspecified atom stereocenters. The summed E-state index contributed by atoms with van der Waals surface area (Å²) in [6.07, 6.45) is 5.39. The highest BCUT2D eigenvalue weighted by Crippen LogP contribution is 2.36. The fourth-order valence-electron chi connectivity index (χ4n) is 2.67. The van der Waals surface area contributed by atoms with E-state index in [0.29, 0.717) is 11.8 Å². The molecule has 1 atom stereocenters. The summed E-state index contributed by atoms with van der Waals surface area (Å²) in [5, 5.41) is 0. The Morgan fingerprint density at radius 1 is 1.12 bits per heavy atom. The smallest absolute Gasteiger partial charge is 0.136 e. The molecule has 2 rings (SSSR count). The predicted molar refractivity (Wildman–Crippen MR) is 65.2 cm³/mol. The third-order valence-corrected chi connectivity index (χ3v) is 3.74. The second-order valence-corrected chi connectivity index (χ2v) is 4.74. The number of hydrogen-bond acceptors (Lipinski definition) is 2. The largest absolute Gasteiger partial charge is 0.322 e.